The van der Waals surface area contributed by atoms with E-state index in [-0.39, 0.29) is 23.4 Å². The Bertz CT molecular complexity index is 663. The van der Waals surface area contributed by atoms with E-state index in [1.54, 1.807) is 37.3 Å². The normalized spacial score (nSPS) is 12.0. The molecule has 3 N–H and O–H groups in total. The summed E-state index contributed by atoms with van der Waals surface area (Å²) in [5.74, 6) is -1.19. The van der Waals surface area contributed by atoms with Crippen molar-refractivity contribution in [3.63, 3.8) is 0 Å². The third-order valence-corrected chi connectivity index (χ3v) is 3.15. The van der Waals surface area contributed by atoms with Crippen LogP contribution < -0.4 is 10.6 Å². The second kappa shape index (κ2) is 10.8. The summed E-state index contributed by atoms with van der Waals surface area (Å²) in [7, 11) is 0. The van der Waals surface area contributed by atoms with Gasteiger partial charge in [0.15, 0.2) is 0 Å². The fourth-order valence-corrected chi connectivity index (χ4v) is 1.83. The molecule has 25 heavy (non-hydrogen) atoms. The zero-order valence-corrected chi connectivity index (χ0v) is 14.4. The fraction of sp³-hybridized carbons (Fsp3) is 0.389. The number of nitrogens with zero attached hydrogens (tertiary/aromatic N) is 1. The number of carbonyl (C=O) groups excluding carboxylic acids is 2. The predicted molar refractivity (Wildman–Crippen MR) is 93.6 cm³/mol. The van der Waals surface area contributed by atoms with Gasteiger partial charge in [0.05, 0.1) is 24.0 Å². The Labute approximate surface area is 147 Å². The van der Waals surface area contributed by atoms with Gasteiger partial charge in [-0.3, -0.25) is 4.79 Å². The number of esters is 1. The van der Waals surface area contributed by atoms with Crippen LogP contribution in [0.2, 0.25) is 0 Å². The van der Waals surface area contributed by atoms with Crippen molar-refractivity contribution in [2.45, 2.75) is 32.8 Å². The van der Waals surface area contributed by atoms with Crippen molar-refractivity contribution in [3.05, 3.63) is 41.6 Å². The zero-order chi connectivity index (χ0) is 18.7. The van der Waals surface area contributed by atoms with Crippen LogP contribution in [-0.2, 0) is 9.53 Å². The highest BCUT2D eigenvalue weighted by atomic mass is 16.5. The average molecular weight is 345 g/mol. The van der Waals surface area contributed by atoms with Gasteiger partial charge >= 0.3 is 5.97 Å². The first kappa shape index (κ1) is 20.2. The topological polar surface area (TPSA) is 111 Å². The van der Waals surface area contributed by atoms with E-state index >= 15 is 0 Å². The molecule has 1 rings (SSSR count). The van der Waals surface area contributed by atoms with Gasteiger partial charge < -0.3 is 20.5 Å². The summed E-state index contributed by atoms with van der Waals surface area (Å²) in [6, 6.07) is 8.21. The van der Waals surface area contributed by atoms with E-state index in [0.717, 1.165) is 12.8 Å². The van der Waals surface area contributed by atoms with Gasteiger partial charge in [0.2, 0.25) is 0 Å². The second-order valence-electron chi connectivity index (χ2n) is 5.42. The lowest BCUT2D eigenvalue weighted by atomic mass is 10.1. The number of para-hydroxylation sites is 1. The number of anilines is 1. The highest BCUT2D eigenvalue weighted by Gasteiger charge is 2.16. The third kappa shape index (κ3) is 7.06. The lowest BCUT2D eigenvalue weighted by molar-refractivity contribution is -0.112. The van der Waals surface area contributed by atoms with Crippen LogP contribution in [0.1, 0.15) is 37.0 Å². The summed E-state index contributed by atoms with van der Waals surface area (Å²) in [6.45, 7) is 4.08. The number of rotatable bonds is 9. The van der Waals surface area contributed by atoms with Crippen LogP contribution in [0.3, 0.4) is 0 Å². The summed E-state index contributed by atoms with van der Waals surface area (Å²) in [5, 5.41) is 23.5. The number of hydrogen-bond acceptors (Lipinski definition) is 6. The summed E-state index contributed by atoms with van der Waals surface area (Å²) in [4.78, 5) is 24.3. The SMILES string of the molecule is CCCCOC(=O)c1ccccc1NC(=O)/C(C#N)=C\NCC(C)O. The van der Waals surface area contributed by atoms with Crippen LogP contribution in [0.25, 0.3) is 0 Å². The molecule has 7 heteroatoms. The standard InChI is InChI=1S/C18H23N3O4/c1-3-4-9-25-18(24)15-7-5-6-8-16(15)21-17(23)14(10-19)12-20-11-13(2)22/h5-8,12-13,20,22H,3-4,9,11H2,1-2H3,(H,21,23)/b14-12-. The highest BCUT2D eigenvalue weighted by Crippen LogP contribution is 2.17. The molecule has 134 valence electrons. The number of carbonyl (C=O) groups is 2. The number of nitriles is 1. The van der Waals surface area contributed by atoms with Gasteiger partial charge in [0, 0.05) is 12.7 Å². The second-order valence-corrected chi connectivity index (χ2v) is 5.42. The number of nitrogens with one attached hydrogen (secondary N) is 2. The summed E-state index contributed by atoms with van der Waals surface area (Å²) >= 11 is 0. The van der Waals surface area contributed by atoms with E-state index in [9.17, 15) is 14.7 Å². The average Bonchev–Trinajstić information content (AvgIpc) is 2.59. The number of aliphatic hydroxyl groups is 1. The minimum absolute atomic E-state index is 0.171. The molecule has 0 saturated carbocycles. The summed E-state index contributed by atoms with van der Waals surface area (Å²) in [6.07, 6.45) is 2.28. The molecule has 0 aliphatic rings. The number of unbranched alkanes of at least 4 members (excludes halogenated alkanes) is 1. The molecule has 0 saturated heterocycles. The molecule has 1 aromatic carbocycles. The van der Waals surface area contributed by atoms with Gasteiger partial charge in [-0.15, -0.1) is 0 Å². The van der Waals surface area contributed by atoms with Crippen LogP contribution in [0, 0.1) is 11.3 Å². The van der Waals surface area contributed by atoms with Gasteiger partial charge in [-0.25, -0.2) is 4.79 Å². The first-order valence-corrected chi connectivity index (χ1v) is 8.08. The molecule has 0 aliphatic carbocycles. The van der Waals surface area contributed by atoms with E-state index in [2.05, 4.69) is 10.6 Å². The Morgan fingerprint density at radius 2 is 2.12 bits per heavy atom. The van der Waals surface area contributed by atoms with Gasteiger partial charge in [0.25, 0.3) is 5.91 Å². The molecular formula is C18H23N3O4. The fourth-order valence-electron chi connectivity index (χ4n) is 1.83. The molecule has 0 aliphatic heterocycles. The smallest absolute Gasteiger partial charge is 0.340 e. The molecule has 0 heterocycles. The quantitative estimate of drug-likeness (QED) is 0.273. The van der Waals surface area contributed by atoms with Gasteiger partial charge in [-0.1, -0.05) is 25.5 Å². The number of hydrogen-bond donors (Lipinski definition) is 3. The van der Waals surface area contributed by atoms with Crippen LogP contribution in [0.15, 0.2) is 36.0 Å². The maximum Gasteiger partial charge on any atom is 0.340 e. The van der Waals surface area contributed by atoms with Crippen LogP contribution in [0.4, 0.5) is 5.69 Å². The Hall–Kier alpha value is -2.85. The molecule has 0 spiro atoms. The van der Waals surface area contributed by atoms with Crippen LogP contribution >= 0.6 is 0 Å². The van der Waals surface area contributed by atoms with Crippen molar-refractivity contribution in [3.8, 4) is 6.07 Å². The monoisotopic (exact) mass is 345 g/mol. The summed E-state index contributed by atoms with van der Waals surface area (Å²) < 4.78 is 5.16. The Kier molecular flexibility index (Phi) is 8.75. The highest BCUT2D eigenvalue weighted by molar-refractivity contribution is 6.09. The minimum Gasteiger partial charge on any atom is -0.462 e. The van der Waals surface area contributed by atoms with Crippen molar-refractivity contribution in [1.82, 2.24) is 5.32 Å². The number of ether oxygens (including phenoxy) is 1. The van der Waals surface area contributed by atoms with E-state index < -0.39 is 18.0 Å². The maximum atomic E-state index is 12.2. The van der Waals surface area contributed by atoms with Crippen LogP contribution in [0.5, 0.6) is 0 Å². The van der Waals surface area contributed by atoms with Gasteiger partial charge in [-0.05, 0) is 25.5 Å². The molecule has 0 radical (unpaired) electrons. The van der Waals surface area contributed by atoms with Crippen LogP contribution in [-0.4, -0.2) is 36.2 Å². The van der Waals surface area contributed by atoms with Gasteiger partial charge in [0.1, 0.15) is 11.6 Å². The van der Waals surface area contributed by atoms with Gasteiger partial charge in [-0.2, -0.15) is 5.26 Å². The Morgan fingerprint density at radius 3 is 2.76 bits per heavy atom. The molecule has 1 unspecified atom stereocenters. The third-order valence-electron chi connectivity index (χ3n) is 3.15. The molecule has 0 aromatic heterocycles. The van der Waals surface area contributed by atoms with Crippen molar-refractivity contribution in [1.29, 1.82) is 5.26 Å². The molecule has 1 atom stereocenters. The van der Waals surface area contributed by atoms with E-state index in [4.69, 9.17) is 10.00 Å². The molecule has 0 fully saturated rings. The van der Waals surface area contributed by atoms with Crippen molar-refractivity contribution in [2.75, 3.05) is 18.5 Å². The van der Waals surface area contributed by atoms with E-state index in [0.29, 0.717) is 6.61 Å². The largest absolute Gasteiger partial charge is 0.462 e. The number of benzene rings is 1. The number of aliphatic hydroxyl groups excluding tert-OH is 1. The number of amides is 1. The molecule has 0 bridgehead atoms. The predicted octanol–water partition coefficient (Wildman–Crippen LogP) is 1.96. The van der Waals surface area contributed by atoms with E-state index in [1.807, 2.05) is 6.92 Å². The lowest BCUT2D eigenvalue weighted by Crippen LogP contribution is -2.23. The van der Waals surface area contributed by atoms with Crippen molar-refractivity contribution >= 4 is 17.6 Å². The molecule has 1 amide bonds. The Morgan fingerprint density at radius 1 is 1.40 bits per heavy atom. The molecular weight excluding hydrogens is 322 g/mol. The molecule has 1 aromatic rings. The summed E-state index contributed by atoms with van der Waals surface area (Å²) in [5.41, 5.74) is 0.321. The Balaban J connectivity index is 2.83. The van der Waals surface area contributed by atoms with E-state index in [1.165, 1.54) is 6.20 Å². The van der Waals surface area contributed by atoms with Crippen molar-refractivity contribution in [2.24, 2.45) is 0 Å². The lowest BCUT2D eigenvalue weighted by Gasteiger charge is -2.11. The maximum absolute atomic E-state index is 12.2. The molecule has 7 nitrogen and oxygen atoms in total. The zero-order valence-electron chi connectivity index (χ0n) is 14.4. The first-order chi connectivity index (χ1) is 12.0. The minimum atomic E-state index is -0.658. The van der Waals surface area contributed by atoms with Crippen molar-refractivity contribution < 1.29 is 19.4 Å². The first-order valence-electron chi connectivity index (χ1n) is 8.08.